The molecule has 1 aliphatic rings. The van der Waals surface area contributed by atoms with E-state index in [4.69, 9.17) is 10.5 Å². The zero-order valence-corrected chi connectivity index (χ0v) is 11.3. The van der Waals surface area contributed by atoms with Crippen LogP contribution >= 0.6 is 0 Å². The van der Waals surface area contributed by atoms with Gasteiger partial charge in [0.05, 0.1) is 25.0 Å². The summed E-state index contributed by atoms with van der Waals surface area (Å²) < 4.78 is 5.09. The van der Waals surface area contributed by atoms with Crippen molar-refractivity contribution < 1.29 is 9.53 Å². The van der Waals surface area contributed by atoms with Crippen LogP contribution in [0, 0.1) is 0 Å². The number of anilines is 2. The summed E-state index contributed by atoms with van der Waals surface area (Å²) >= 11 is 0. The van der Waals surface area contributed by atoms with Crippen molar-refractivity contribution in [1.82, 2.24) is 4.90 Å². The topological polar surface area (TPSA) is 67.6 Å². The minimum atomic E-state index is 0.134. The standard InChI is InChI=1S/C14H21N3O2/c1-19-11-5-6-13(12(15)9-11)16-10-14(18)17-7-3-2-4-8-17/h5-6,9,16H,2-4,7-8,10,15H2,1H3. The van der Waals surface area contributed by atoms with Crippen LogP contribution in [0.5, 0.6) is 5.75 Å². The maximum Gasteiger partial charge on any atom is 0.241 e. The number of nitrogens with two attached hydrogens (primary N) is 1. The monoisotopic (exact) mass is 263 g/mol. The Bertz CT molecular complexity index is 442. The molecule has 0 unspecified atom stereocenters. The summed E-state index contributed by atoms with van der Waals surface area (Å²) in [7, 11) is 1.60. The number of hydrogen-bond donors (Lipinski definition) is 2. The number of ether oxygens (including phenoxy) is 1. The molecule has 0 radical (unpaired) electrons. The van der Waals surface area contributed by atoms with Crippen LogP contribution in [-0.2, 0) is 4.79 Å². The summed E-state index contributed by atoms with van der Waals surface area (Å²) in [5.74, 6) is 0.848. The fourth-order valence-corrected chi connectivity index (χ4v) is 2.25. The zero-order chi connectivity index (χ0) is 13.7. The minimum absolute atomic E-state index is 0.134. The van der Waals surface area contributed by atoms with Gasteiger partial charge in [-0.3, -0.25) is 4.79 Å². The Morgan fingerprint density at radius 2 is 2.11 bits per heavy atom. The van der Waals surface area contributed by atoms with Gasteiger partial charge in [0.15, 0.2) is 0 Å². The second kappa shape index (κ2) is 6.31. The second-order valence-electron chi connectivity index (χ2n) is 4.75. The number of likely N-dealkylation sites (tertiary alicyclic amines) is 1. The maximum absolute atomic E-state index is 12.0. The van der Waals surface area contributed by atoms with Gasteiger partial charge in [0.1, 0.15) is 5.75 Å². The third-order valence-electron chi connectivity index (χ3n) is 3.40. The van der Waals surface area contributed by atoms with Crippen LogP contribution in [0.2, 0.25) is 0 Å². The van der Waals surface area contributed by atoms with Crippen LogP contribution in [0.3, 0.4) is 0 Å². The summed E-state index contributed by atoms with van der Waals surface area (Å²) in [5.41, 5.74) is 7.25. The first-order valence-electron chi connectivity index (χ1n) is 6.66. The Kier molecular flexibility index (Phi) is 4.49. The van der Waals surface area contributed by atoms with Crippen LogP contribution in [-0.4, -0.2) is 37.6 Å². The Balaban J connectivity index is 1.89. The van der Waals surface area contributed by atoms with Gasteiger partial charge in [-0.2, -0.15) is 0 Å². The molecule has 1 aliphatic heterocycles. The first kappa shape index (κ1) is 13.5. The van der Waals surface area contributed by atoms with Crippen molar-refractivity contribution in [2.75, 3.05) is 37.8 Å². The number of nitrogens with one attached hydrogen (secondary N) is 1. The van der Waals surface area contributed by atoms with Gasteiger partial charge in [-0.1, -0.05) is 0 Å². The number of carbonyl (C=O) groups excluding carboxylic acids is 1. The van der Waals surface area contributed by atoms with E-state index in [0.29, 0.717) is 11.4 Å². The SMILES string of the molecule is COc1ccc(NCC(=O)N2CCCCC2)c(N)c1. The number of carbonyl (C=O) groups is 1. The van der Waals surface area contributed by atoms with Gasteiger partial charge in [-0.15, -0.1) is 0 Å². The molecule has 1 aromatic carbocycles. The molecule has 5 heteroatoms. The second-order valence-corrected chi connectivity index (χ2v) is 4.75. The molecule has 0 atom stereocenters. The van der Waals surface area contributed by atoms with Crippen LogP contribution in [0.15, 0.2) is 18.2 Å². The molecule has 1 heterocycles. The highest BCUT2D eigenvalue weighted by Crippen LogP contribution is 2.23. The van der Waals surface area contributed by atoms with Crippen molar-refractivity contribution in [2.45, 2.75) is 19.3 Å². The molecule has 104 valence electrons. The largest absolute Gasteiger partial charge is 0.497 e. The molecule has 1 saturated heterocycles. The van der Waals surface area contributed by atoms with Gasteiger partial charge in [-0.25, -0.2) is 0 Å². The number of methoxy groups -OCH3 is 1. The zero-order valence-electron chi connectivity index (χ0n) is 11.3. The van der Waals surface area contributed by atoms with E-state index in [-0.39, 0.29) is 12.5 Å². The maximum atomic E-state index is 12.0. The van der Waals surface area contributed by atoms with Crippen molar-refractivity contribution in [3.8, 4) is 5.75 Å². The lowest BCUT2D eigenvalue weighted by atomic mass is 10.1. The lowest BCUT2D eigenvalue weighted by Crippen LogP contribution is -2.39. The summed E-state index contributed by atoms with van der Waals surface area (Å²) in [6, 6.07) is 5.40. The first-order chi connectivity index (χ1) is 9.20. The van der Waals surface area contributed by atoms with Crippen molar-refractivity contribution in [1.29, 1.82) is 0 Å². The molecule has 1 fully saturated rings. The van der Waals surface area contributed by atoms with E-state index in [1.165, 1.54) is 6.42 Å². The third-order valence-corrected chi connectivity index (χ3v) is 3.40. The Hall–Kier alpha value is -1.91. The van der Waals surface area contributed by atoms with E-state index in [1.54, 1.807) is 13.2 Å². The molecule has 0 saturated carbocycles. The molecule has 2 rings (SSSR count). The Morgan fingerprint density at radius 3 is 2.74 bits per heavy atom. The highest BCUT2D eigenvalue weighted by molar-refractivity contribution is 5.82. The molecule has 19 heavy (non-hydrogen) atoms. The summed E-state index contributed by atoms with van der Waals surface area (Å²) in [6.07, 6.45) is 3.44. The van der Waals surface area contributed by atoms with Gasteiger partial charge < -0.3 is 20.7 Å². The summed E-state index contributed by atoms with van der Waals surface area (Å²) in [5, 5.41) is 3.09. The van der Waals surface area contributed by atoms with Crippen molar-refractivity contribution >= 4 is 17.3 Å². The Labute approximate surface area is 113 Å². The number of hydrogen-bond acceptors (Lipinski definition) is 4. The summed E-state index contributed by atoms with van der Waals surface area (Å²) in [4.78, 5) is 13.9. The molecule has 0 spiro atoms. The number of piperidine rings is 1. The van der Waals surface area contributed by atoms with Crippen LogP contribution in [0.4, 0.5) is 11.4 Å². The smallest absolute Gasteiger partial charge is 0.241 e. The fraction of sp³-hybridized carbons (Fsp3) is 0.500. The van der Waals surface area contributed by atoms with Crippen LogP contribution in [0.1, 0.15) is 19.3 Å². The molecular weight excluding hydrogens is 242 g/mol. The van der Waals surface area contributed by atoms with Gasteiger partial charge in [0.25, 0.3) is 0 Å². The van der Waals surface area contributed by atoms with E-state index in [1.807, 2.05) is 17.0 Å². The highest BCUT2D eigenvalue weighted by atomic mass is 16.5. The number of nitrogens with zero attached hydrogens (tertiary/aromatic N) is 1. The molecule has 1 amide bonds. The molecule has 1 aromatic rings. The fourth-order valence-electron chi connectivity index (χ4n) is 2.25. The van der Waals surface area contributed by atoms with Gasteiger partial charge in [0, 0.05) is 19.2 Å². The van der Waals surface area contributed by atoms with Gasteiger partial charge >= 0.3 is 0 Å². The van der Waals surface area contributed by atoms with Gasteiger partial charge in [-0.05, 0) is 31.4 Å². The third kappa shape index (κ3) is 3.53. The molecule has 3 N–H and O–H groups in total. The van der Waals surface area contributed by atoms with Crippen molar-refractivity contribution in [3.63, 3.8) is 0 Å². The lowest BCUT2D eigenvalue weighted by Gasteiger charge is -2.27. The summed E-state index contributed by atoms with van der Waals surface area (Å²) in [6.45, 7) is 2.04. The first-order valence-corrected chi connectivity index (χ1v) is 6.66. The number of amides is 1. The van der Waals surface area contributed by atoms with E-state index >= 15 is 0 Å². The minimum Gasteiger partial charge on any atom is -0.497 e. The van der Waals surface area contributed by atoms with Gasteiger partial charge in [0.2, 0.25) is 5.91 Å². The van der Waals surface area contributed by atoms with Crippen molar-refractivity contribution in [3.05, 3.63) is 18.2 Å². The average Bonchev–Trinajstić information content (AvgIpc) is 2.46. The number of benzene rings is 1. The average molecular weight is 263 g/mol. The van der Waals surface area contributed by atoms with E-state index < -0.39 is 0 Å². The predicted molar refractivity (Wildman–Crippen MR) is 76.3 cm³/mol. The predicted octanol–water partition coefficient (Wildman–Crippen LogP) is 1.70. The molecule has 0 aliphatic carbocycles. The number of rotatable bonds is 4. The molecule has 5 nitrogen and oxygen atoms in total. The molecule has 0 bridgehead atoms. The quantitative estimate of drug-likeness (QED) is 0.811. The lowest BCUT2D eigenvalue weighted by molar-refractivity contribution is -0.130. The number of nitrogen functional groups attached to an aromatic ring is 1. The van der Waals surface area contributed by atoms with E-state index in [0.717, 1.165) is 31.6 Å². The Morgan fingerprint density at radius 1 is 1.37 bits per heavy atom. The molecular formula is C14H21N3O2. The van der Waals surface area contributed by atoms with Crippen molar-refractivity contribution in [2.24, 2.45) is 0 Å². The van der Waals surface area contributed by atoms with E-state index in [9.17, 15) is 4.79 Å². The normalized spacial score (nSPS) is 15.1. The molecule has 0 aromatic heterocycles. The van der Waals surface area contributed by atoms with E-state index in [2.05, 4.69) is 5.32 Å². The highest BCUT2D eigenvalue weighted by Gasteiger charge is 2.16. The van der Waals surface area contributed by atoms with Crippen LogP contribution in [0.25, 0.3) is 0 Å². The van der Waals surface area contributed by atoms with Crippen LogP contribution < -0.4 is 15.8 Å².